The number of anilines is 1. The topological polar surface area (TPSA) is 111 Å². The van der Waals surface area contributed by atoms with E-state index in [2.05, 4.69) is 15.4 Å². The minimum atomic E-state index is -3.34. The van der Waals surface area contributed by atoms with Crippen LogP contribution in [0.2, 0.25) is 0 Å². The van der Waals surface area contributed by atoms with Crippen molar-refractivity contribution in [3.8, 4) is 0 Å². The smallest absolute Gasteiger partial charge is 0.278 e. The molecule has 0 radical (unpaired) electrons. The molecular weight excluding hydrogens is 400 g/mol. The second-order valence-corrected chi connectivity index (χ2v) is 9.24. The van der Waals surface area contributed by atoms with Gasteiger partial charge in [0.1, 0.15) is 0 Å². The van der Waals surface area contributed by atoms with Crippen LogP contribution in [0, 0.1) is 0 Å². The van der Waals surface area contributed by atoms with Crippen molar-refractivity contribution in [2.45, 2.75) is 4.90 Å². The molecule has 1 N–H and O–H groups in total. The van der Waals surface area contributed by atoms with Crippen LogP contribution in [0.25, 0.3) is 21.0 Å². The zero-order chi connectivity index (χ0) is 20.1. The highest BCUT2D eigenvalue weighted by Gasteiger charge is 2.18. The van der Waals surface area contributed by atoms with Gasteiger partial charge in [-0.15, -0.1) is 0 Å². The fourth-order valence-electron chi connectivity index (χ4n) is 2.81. The highest BCUT2D eigenvalue weighted by atomic mass is 32.2. The Kier molecular flexibility index (Phi) is 4.24. The summed E-state index contributed by atoms with van der Waals surface area (Å²) in [5.41, 5.74) is 0.389. The minimum Gasteiger partial charge on any atom is -0.296 e. The predicted octanol–water partition coefficient (Wildman–Crippen LogP) is 2.20. The van der Waals surface area contributed by atoms with Crippen LogP contribution in [0.1, 0.15) is 10.5 Å². The summed E-state index contributed by atoms with van der Waals surface area (Å²) in [6.45, 7) is 0. The zero-order valence-corrected chi connectivity index (χ0v) is 16.5. The minimum absolute atomic E-state index is 0.105. The Labute approximate surface area is 163 Å². The average Bonchev–Trinajstić information content (AvgIpc) is 3.05. The number of nitrogens with one attached hydrogen (secondary N) is 1. The van der Waals surface area contributed by atoms with Crippen molar-refractivity contribution < 1.29 is 13.2 Å². The molecule has 8 nitrogen and oxygen atoms in total. The third-order valence-corrected chi connectivity index (χ3v) is 6.22. The summed E-state index contributed by atoms with van der Waals surface area (Å²) < 4.78 is 25.2. The maximum atomic E-state index is 12.8. The molecule has 0 fully saturated rings. The van der Waals surface area contributed by atoms with Crippen LogP contribution in [-0.2, 0) is 16.9 Å². The van der Waals surface area contributed by atoms with Gasteiger partial charge in [-0.25, -0.2) is 18.1 Å². The van der Waals surface area contributed by atoms with E-state index in [0.717, 1.165) is 22.3 Å². The lowest BCUT2D eigenvalue weighted by molar-refractivity contribution is 0.102. The lowest BCUT2D eigenvalue weighted by atomic mass is 10.1. The number of amides is 1. The number of aromatic nitrogens is 3. The molecule has 0 atom stereocenters. The van der Waals surface area contributed by atoms with E-state index >= 15 is 0 Å². The quantitative estimate of drug-likeness (QED) is 0.550. The number of carbonyl (C=O) groups is 1. The number of sulfone groups is 1. The van der Waals surface area contributed by atoms with Gasteiger partial charge in [0.15, 0.2) is 20.7 Å². The molecule has 4 rings (SSSR count). The van der Waals surface area contributed by atoms with E-state index in [1.807, 2.05) is 0 Å². The lowest BCUT2D eigenvalue weighted by Crippen LogP contribution is -2.25. The van der Waals surface area contributed by atoms with Crippen molar-refractivity contribution in [3.05, 3.63) is 58.5 Å². The molecule has 0 spiro atoms. The van der Waals surface area contributed by atoms with Gasteiger partial charge in [-0.2, -0.15) is 5.10 Å². The van der Waals surface area contributed by atoms with Gasteiger partial charge >= 0.3 is 0 Å². The standard InChI is InChI=1S/C18H14N4O4S2/c1-22-17(24)12-6-4-3-5-11(12)15(21-22)16(23)20-18-19-13-8-7-10(28(2,25)26)9-14(13)27-18/h3-9H,1-2H3,(H,19,20,23). The lowest BCUT2D eigenvalue weighted by Gasteiger charge is -2.07. The van der Waals surface area contributed by atoms with E-state index in [-0.39, 0.29) is 16.1 Å². The normalized spacial score (nSPS) is 11.8. The number of hydrogen-bond donors (Lipinski definition) is 1. The van der Waals surface area contributed by atoms with E-state index < -0.39 is 15.7 Å². The largest absolute Gasteiger partial charge is 0.296 e. The average molecular weight is 414 g/mol. The number of fused-ring (bicyclic) bond motifs is 2. The van der Waals surface area contributed by atoms with Crippen LogP contribution < -0.4 is 10.9 Å². The number of rotatable bonds is 3. The third-order valence-electron chi connectivity index (χ3n) is 4.18. The summed E-state index contributed by atoms with van der Waals surface area (Å²) in [5, 5.41) is 7.93. The van der Waals surface area contributed by atoms with Gasteiger partial charge in [0.25, 0.3) is 11.5 Å². The Morgan fingerprint density at radius 2 is 1.86 bits per heavy atom. The van der Waals surface area contributed by atoms with Gasteiger partial charge in [0.05, 0.1) is 20.5 Å². The molecule has 0 aliphatic carbocycles. The van der Waals surface area contributed by atoms with Gasteiger partial charge in [-0.1, -0.05) is 29.5 Å². The summed E-state index contributed by atoms with van der Waals surface area (Å²) >= 11 is 1.16. The molecule has 2 heterocycles. The molecule has 142 valence electrons. The number of benzene rings is 2. The summed E-state index contributed by atoms with van der Waals surface area (Å²) in [6, 6.07) is 11.3. The first-order valence-electron chi connectivity index (χ1n) is 8.12. The van der Waals surface area contributed by atoms with Gasteiger partial charge < -0.3 is 0 Å². The molecule has 0 aliphatic rings. The predicted molar refractivity (Wildman–Crippen MR) is 108 cm³/mol. The summed E-state index contributed by atoms with van der Waals surface area (Å²) in [4.78, 5) is 29.5. The summed E-state index contributed by atoms with van der Waals surface area (Å²) in [5.74, 6) is -0.505. The molecule has 0 saturated heterocycles. The third kappa shape index (κ3) is 3.16. The number of thiazole rings is 1. The maximum absolute atomic E-state index is 12.8. The second kappa shape index (κ2) is 6.50. The van der Waals surface area contributed by atoms with Crippen LogP contribution in [0.3, 0.4) is 0 Å². The van der Waals surface area contributed by atoms with Crippen LogP contribution in [0.15, 0.2) is 52.2 Å². The van der Waals surface area contributed by atoms with Crippen LogP contribution in [0.4, 0.5) is 5.13 Å². The summed E-state index contributed by atoms with van der Waals surface area (Å²) in [7, 11) is -1.85. The Bertz CT molecular complexity index is 1420. The fourth-order valence-corrected chi connectivity index (χ4v) is 4.43. The van der Waals surface area contributed by atoms with Crippen LogP contribution in [-0.4, -0.2) is 35.3 Å². The van der Waals surface area contributed by atoms with E-state index in [1.165, 1.54) is 19.2 Å². The maximum Gasteiger partial charge on any atom is 0.278 e. The molecule has 0 saturated carbocycles. The molecule has 10 heteroatoms. The van der Waals surface area contributed by atoms with E-state index in [1.54, 1.807) is 30.3 Å². The summed E-state index contributed by atoms with van der Waals surface area (Å²) in [6.07, 6.45) is 1.13. The molecule has 2 aromatic heterocycles. The SMILES string of the molecule is Cn1nc(C(=O)Nc2nc3ccc(S(C)(=O)=O)cc3s2)c2ccccc2c1=O. The van der Waals surface area contributed by atoms with Crippen molar-refractivity contribution in [2.24, 2.45) is 7.05 Å². The van der Waals surface area contributed by atoms with E-state index in [4.69, 9.17) is 0 Å². The van der Waals surface area contributed by atoms with Crippen molar-refractivity contribution in [1.82, 2.24) is 14.8 Å². The number of carbonyl (C=O) groups excluding carboxylic acids is 1. The Hall–Kier alpha value is -3.11. The zero-order valence-electron chi connectivity index (χ0n) is 14.8. The van der Waals surface area contributed by atoms with E-state index in [0.29, 0.717) is 26.1 Å². The fraction of sp³-hybridized carbons (Fsp3) is 0.111. The van der Waals surface area contributed by atoms with Crippen LogP contribution in [0.5, 0.6) is 0 Å². The molecule has 0 bridgehead atoms. The van der Waals surface area contributed by atoms with E-state index in [9.17, 15) is 18.0 Å². The molecule has 28 heavy (non-hydrogen) atoms. The Morgan fingerprint density at radius 3 is 2.57 bits per heavy atom. The van der Waals surface area contributed by atoms with Gasteiger partial charge in [0, 0.05) is 18.7 Å². The highest BCUT2D eigenvalue weighted by Crippen LogP contribution is 2.28. The molecule has 4 aromatic rings. The molecule has 1 amide bonds. The van der Waals surface area contributed by atoms with Crippen molar-refractivity contribution in [1.29, 1.82) is 0 Å². The first-order valence-corrected chi connectivity index (χ1v) is 10.8. The first kappa shape index (κ1) is 18.3. The number of hydrogen-bond acceptors (Lipinski definition) is 7. The Morgan fingerprint density at radius 1 is 1.14 bits per heavy atom. The van der Waals surface area contributed by atoms with Crippen molar-refractivity contribution in [3.63, 3.8) is 0 Å². The Balaban J connectivity index is 1.74. The van der Waals surface area contributed by atoms with Crippen molar-refractivity contribution in [2.75, 3.05) is 11.6 Å². The van der Waals surface area contributed by atoms with Gasteiger partial charge in [0.2, 0.25) is 0 Å². The number of nitrogens with zero attached hydrogens (tertiary/aromatic N) is 3. The second-order valence-electron chi connectivity index (χ2n) is 6.20. The highest BCUT2D eigenvalue weighted by molar-refractivity contribution is 7.90. The van der Waals surface area contributed by atoms with Gasteiger partial charge in [-0.3, -0.25) is 14.9 Å². The van der Waals surface area contributed by atoms with Crippen molar-refractivity contribution >= 4 is 53.2 Å². The molecule has 0 aliphatic heterocycles. The molecule has 0 unspecified atom stereocenters. The molecular formula is C18H14N4O4S2. The monoisotopic (exact) mass is 414 g/mol. The first-order chi connectivity index (χ1) is 13.2. The van der Waals surface area contributed by atoms with Crippen LogP contribution >= 0.6 is 11.3 Å². The molecule has 2 aromatic carbocycles. The number of aryl methyl sites for hydroxylation is 1. The van der Waals surface area contributed by atoms with Gasteiger partial charge in [-0.05, 0) is 24.3 Å².